The Bertz CT molecular complexity index is 646. The Balaban J connectivity index is 2.46. The van der Waals surface area contributed by atoms with Gasteiger partial charge in [-0.05, 0) is 41.8 Å². The lowest BCUT2D eigenvalue weighted by Crippen LogP contribution is -1.98. The van der Waals surface area contributed by atoms with Crippen LogP contribution in [-0.4, -0.2) is 7.11 Å². The van der Waals surface area contributed by atoms with Crippen LogP contribution in [0.3, 0.4) is 0 Å². The number of aryl methyl sites for hydroxylation is 1. The van der Waals surface area contributed by atoms with Gasteiger partial charge in [-0.2, -0.15) is 0 Å². The monoisotopic (exact) mass is 360 g/mol. The van der Waals surface area contributed by atoms with E-state index in [1.54, 1.807) is 7.11 Å². The molecule has 0 saturated heterocycles. The molecule has 0 amide bonds. The molecule has 0 aliphatic rings. The molecular weight excluding hydrogens is 350 g/mol. The van der Waals surface area contributed by atoms with Crippen molar-refractivity contribution in [3.05, 3.63) is 63.7 Å². The smallest absolute Gasteiger partial charge is 0.160 e. The predicted octanol–water partition coefficient (Wildman–Crippen LogP) is 5.42. The average Bonchev–Trinajstić information content (AvgIpc) is 2.42. The van der Waals surface area contributed by atoms with E-state index in [-0.39, 0.29) is 9.85 Å². The summed E-state index contributed by atoms with van der Waals surface area (Å²) in [7, 11) is 1.58. The summed E-state index contributed by atoms with van der Waals surface area (Å²) in [5.41, 5.74) is 2.31. The maximum Gasteiger partial charge on any atom is 0.160 e. The van der Waals surface area contributed by atoms with Crippen molar-refractivity contribution in [2.24, 2.45) is 0 Å². The molecule has 2 aromatic rings. The molecule has 0 aliphatic heterocycles. The summed E-state index contributed by atoms with van der Waals surface area (Å²) >= 11 is 9.45. The van der Waals surface area contributed by atoms with E-state index in [1.165, 1.54) is 0 Å². The zero-order valence-electron chi connectivity index (χ0n) is 10.9. The van der Waals surface area contributed by atoms with Crippen molar-refractivity contribution in [3.63, 3.8) is 0 Å². The molecule has 1 atom stereocenters. The van der Waals surface area contributed by atoms with Gasteiger partial charge in [0.25, 0.3) is 0 Å². The fourth-order valence-corrected chi connectivity index (χ4v) is 2.96. The quantitative estimate of drug-likeness (QED) is 0.524. The van der Waals surface area contributed by atoms with Gasteiger partial charge in [-0.25, -0.2) is 8.78 Å². The summed E-state index contributed by atoms with van der Waals surface area (Å²) in [5, 5.41) is 0.172. The number of ether oxygens (including phenoxy) is 1. The van der Waals surface area contributed by atoms with E-state index >= 15 is 0 Å². The van der Waals surface area contributed by atoms with Gasteiger partial charge in [0.05, 0.1) is 11.9 Å². The van der Waals surface area contributed by atoms with E-state index in [2.05, 4.69) is 15.9 Å². The molecule has 0 fully saturated rings. The Hall–Kier alpha value is -1.13. The first-order valence-corrected chi connectivity index (χ1v) is 7.16. The Labute approximate surface area is 129 Å². The highest BCUT2D eigenvalue weighted by atomic mass is 79.9. The van der Waals surface area contributed by atoms with Gasteiger partial charge in [-0.15, -0.1) is 0 Å². The molecule has 0 radical (unpaired) electrons. The minimum absolute atomic E-state index is 0.172. The van der Waals surface area contributed by atoms with E-state index in [1.807, 2.05) is 25.1 Å². The maximum atomic E-state index is 13.4. The van der Waals surface area contributed by atoms with Crippen LogP contribution in [0.2, 0.25) is 5.02 Å². The molecule has 1 unspecified atom stereocenters. The number of rotatable bonds is 3. The SMILES string of the molecule is COc1cc(C(Br)c2cc(F)c(F)cc2Cl)ccc1C. The lowest BCUT2D eigenvalue weighted by Gasteiger charge is -2.15. The molecule has 0 N–H and O–H groups in total. The Kier molecular flexibility index (Phi) is 4.66. The molecule has 106 valence electrons. The minimum atomic E-state index is -0.958. The van der Waals surface area contributed by atoms with Crippen molar-refractivity contribution in [1.82, 2.24) is 0 Å². The third-order valence-corrected chi connectivity index (χ3v) is 4.39. The van der Waals surface area contributed by atoms with Crippen molar-refractivity contribution < 1.29 is 13.5 Å². The van der Waals surface area contributed by atoms with Crippen molar-refractivity contribution in [2.75, 3.05) is 7.11 Å². The first kappa shape index (κ1) is 15.3. The number of benzene rings is 2. The fraction of sp³-hybridized carbons (Fsp3) is 0.200. The fourth-order valence-electron chi connectivity index (χ4n) is 1.91. The third kappa shape index (κ3) is 2.96. The lowest BCUT2D eigenvalue weighted by atomic mass is 10.0. The van der Waals surface area contributed by atoms with Crippen LogP contribution in [0.15, 0.2) is 30.3 Å². The summed E-state index contributed by atoms with van der Waals surface area (Å²) in [6.45, 7) is 1.93. The molecule has 0 spiro atoms. The molecule has 0 bridgehead atoms. The van der Waals surface area contributed by atoms with E-state index in [0.717, 1.165) is 29.0 Å². The molecule has 2 rings (SSSR count). The van der Waals surface area contributed by atoms with Crippen molar-refractivity contribution in [1.29, 1.82) is 0 Å². The van der Waals surface area contributed by atoms with Gasteiger partial charge in [-0.1, -0.05) is 39.7 Å². The summed E-state index contributed by atoms with van der Waals surface area (Å²) in [5.74, 6) is -1.15. The second kappa shape index (κ2) is 6.10. The van der Waals surface area contributed by atoms with E-state index in [4.69, 9.17) is 16.3 Å². The lowest BCUT2D eigenvalue weighted by molar-refractivity contribution is 0.411. The highest BCUT2D eigenvalue weighted by Gasteiger charge is 2.18. The average molecular weight is 362 g/mol. The van der Waals surface area contributed by atoms with Crippen LogP contribution in [0.4, 0.5) is 8.78 Å². The highest BCUT2D eigenvalue weighted by molar-refractivity contribution is 9.09. The molecule has 0 aliphatic carbocycles. The summed E-state index contributed by atoms with van der Waals surface area (Å²) < 4.78 is 31.7. The van der Waals surface area contributed by atoms with Crippen LogP contribution >= 0.6 is 27.5 Å². The van der Waals surface area contributed by atoms with Gasteiger partial charge in [-0.3, -0.25) is 0 Å². The van der Waals surface area contributed by atoms with Crippen LogP contribution in [0.1, 0.15) is 21.5 Å². The number of hydrogen-bond donors (Lipinski definition) is 0. The molecule has 0 aromatic heterocycles. The standard InChI is InChI=1S/C15H12BrClF2O/c1-8-3-4-9(5-14(8)20-2)15(16)10-6-12(18)13(19)7-11(10)17/h3-7,15H,1-2H3. The Morgan fingerprint density at radius 2 is 1.80 bits per heavy atom. The normalized spacial score (nSPS) is 12.3. The Morgan fingerprint density at radius 3 is 2.45 bits per heavy atom. The topological polar surface area (TPSA) is 9.23 Å². The zero-order valence-corrected chi connectivity index (χ0v) is 13.2. The van der Waals surface area contributed by atoms with Gasteiger partial charge in [0.15, 0.2) is 11.6 Å². The van der Waals surface area contributed by atoms with Crippen molar-refractivity contribution >= 4 is 27.5 Å². The maximum absolute atomic E-state index is 13.4. The highest BCUT2D eigenvalue weighted by Crippen LogP contribution is 2.37. The molecule has 20 heavy (non-hydrogen) atoms. The van der Waals surface area contributed by atoms with Crippen molar-refractivity contribution in [3.8, 4) is 5.75 Å². The van der Waals surface area contributed by atoms with Gasteiger partial charge >= 0.3 is 0 Å². The van der Waals surface area contributed by atoms with Crippen LogP contribution in [0.25, 0.3) is 0 Å². The van der Waals surface area contributed by atoms with E-state index < -0.39 is 11.6 Å². The Morgan fingerprint density at radius 1 is 1.15 bits per heavy atom. The number of hydrogen-bond acceptors (Lipinski definition) is 1. The summed E-state index contributed by atoms with van der Waals surface area (Å²) in [6, 6.07) is 7.70. The number of alkyl halides is 1. The van der Waals surface area contributed by atoms with Gasteiger partial charge < -0.3 is 4.74 Å². The summed E-state index contributed by atoms with van der Waals surface area (Å²) in [4.78, 5) is -0.348. The predicted molar refractivity (Wildman–Crippen MR) is 79.9 cm³/mol. The van der Waals surface area contributed by atoms with Gasteiger partial charge in [0.1, 0.15) is 5.75 Å². The first-order chi connectivity index (χ1) is 9.43. The molecule has 0 saturated carbocycles. The van der Waals surface area contributed by atoms with Gasteiger partial charge in [0, 0.05) is 5.02 Å². The van der Waals surface area contributed by atoms with E-state index in [0.29, 0.717) is 5.56 Å². The molecule has 0 heterocycles. The second-order valence-electron chi connectivity index (χ2n) is 4.38. The van der Waals surface area contributed by atoms with Crippen molar-refractivity contribution in [2.45, 2.75) is 11.8 Å². The van der Waals surface area contributed by atoms with Crippen LogP contribution < -0.4 is 4.74 Å². The second-order valence-corrected chi connectivity index (χ2v) is 5.70. The minimum Gasteiger partial charge on any atom is -0.496 e. The third-order valence-electron chi connectivity index (χ3n) is 3.04. The summed E-state index contributed by atoms with van der Waals surface area (Å²) in [6.07, 6.45) is 0. The number of halogens is 4. The zero-order chi connectivity index (χ0) is 14.9. The molecule has 2 aromatic carbocycles. The van der Waals surface area contributed by atoms with Gasteiger partial charge in [0.2, 0.25) is 0 Å². The van der Waals surface area contributed by atoms with Crippen LogP contribution in [0, 0.1) is 18.6 Å². The number of methoxy groups -OCH3 is 1. The molecule has 1 nitrogen and oxygen atoms in total. The first-order valence-electron chi connectivity index (χ1n) is 5.87. The van der Waals surface area contributed by atoms with Crippen LogP contribution in [0.5, 0.6) is 5.75 Å². The molecule has 5 heteroatoms. The van der Waals surface area contributed by atoms with E-state index in [9.17, 15) is 8.78 Å². The van der Waals surface area contributed by atoms with Crippen LogP contribution in [-0.2, 0) is 0 Å². The molecular formula is C15H12BrClF2O. The largest absolute Gasteiger partial charge is 0.496 e.